The Morgan fingerprint density at radius 3 is 2.50 bits per heavy atom. The Balaban J connectivity index is 1.50. The first-order valence-electron chi connectivity index (χ1n) is 8.90. The fraction of sp³-hybridized carbons (Fsp3) is 0.429. The van der Waals surface area contributed by atoms with Gasteiger partial charge in [-0.25, -0.2) is 0 Å². The number of nitrogens with one attached hydrogen (secondary N) is 1. The van der Waals surface area contributed by atoms with Crippen LogP contribution in [0.5, 0.6) is 17.2 Å². The van der Waals surface area contributed by atoms with Gasteiger partial charge in [-0.2, -0.15) is 0 Å². The summed E-state index contributed by atoms with van der Waals surface area (Å²) in [5, 5.41) is 13.9. The summed E-state index contributed by atoms with van der Waals surface area (Å²) in [5.41, 5.74) is 2.15. The number of aliphatic hydroxyl groups is 1. The molecule has 1 aliphatic rings. The average molecular weight is 357 g/mol. The van der Waals surface area contributed by atoms with Crippen molar-refractivity contribution in [1.82, 2.24) is 5.32 Å². The number of ether oxygens (including phenoxy) is 3. The van der Waals surface area contributed by atoms with Gasteiger partial charge < -0.3 is 24.6 Å². The zero-order valence-corrected chi connectivity index (χ0v) is 15.6. The number of rotatable bonds is 8. The molecule has 1 heterocycles. The van der Waals surface area contributed by atoms with Crippen LogP contribution in [0.3, 0.4) is 0 Å². The third-order valence-electron chi connectivity index (χ3n) is 4.53. The molecule has 0 spiro atoms. The van der Waals surface area contributed by atoms with E-state index in [4.69, 9.17) is 14.2 Å². The monoisotopic (exact) mass is 357 g/mol. The van der Waals surface area contributed by atoms with Gasteiger partial charge in [0.1, 0.15) is 5.75 Å². The van der Waals surface area contributed by atoms with Gasteiger partial charge in [0.25, 0.3) is 0 Å². The summed E-state index contributed by atoms with van der Waals surface area (Å²) in [7, 11) is 1.67. The molecule has 2 aromatic rings. The van der Waals surface area contributed by atoms with Crippen molar-refractivity contribution in [2.45, 2.75) is 38.3 Å². The van der Waals surface area contributed by atoms with E-state index in [9.17, 15) is 5.11 Å². The van der Waals surface area contributed by atoms with Crippen LogP contribution >= 0.6 is 0 Å². The lowest BCUT2D eigenvalue weighted by Crippen LogP contribution is -2.45. The SMILES string of the molecule is COc1ccc(CC(C)(C)NCC(O)Cc2ccc3c(c2)OCO3)cc1. The van der Waals surface area contributed by atoms with Crippen LogP contribution in [0.2, 0.25) is 0 Å². The zero-order valence-electron chi connectivity index (χ0n) is 15.6. The Labute approximate surface area is 154 Å². The summed E-state index contributed by atoms with van der Waals surface area (Å²) in [6, 6.07) is 13.9. The van der Waals surface area contributed by atoms with Crippen molar-refractivity contribution in [2.24, 2.45) is 0 Å². The first-order chi connectivity index (χ1) is 12.4. The number of methoxy groups -OCH3 is 1. The lowest BCUT2D eigenvalue weighted by molar-refractivity contribution is 0.158. The lowest BCUT2D eigenvalue weighted by Gasteiger charge is -2.28. The molecule has 0 saturated carbocycles. The Morgan fingerprint density at radius 1 is 1.08 bits per heavy atom. The molecule has 0 aromatic heterocycles. The second-order valence-electron chi connectivity index (χ2n) is 7.34. The maximum atomic E-state index is 10.4. The molecule has 0 bridgehead atoms. The second kappa shape index (κ2) is 7.98. The van der Waals surface area contributed by atoms with Crippen LogP contribution in [0.15, 0.2) is 42.5 Å². The molecular formula is C21H27NO4. The summed E-state index contributed by atoms with van der Waals surface area (Å²) in [6.45, 7) is 5.08. The number of hydrogen-bond acceptors (Lipinski definition) is 5. The summed E-state index contributed by atoms with van der Waals surface area (Å²) in [6.07, 6.45) is 0.973. The van der Waals surface area contributed by atoms with E-state index >= 15 is 0 Å². The van der Waals surface area contributed by atoms with Crippen LogP contribution in [0, 0.1) is 0 Å². The van der Waals surface area contributed by atoms with E-state index in [2.05, 4.69) is 31.3 Å². The number of β-amino-alcohol motifs (C(OH)–C–C–N with tert-alkyl or cyclic N) is 1. The molecule has 0 fully saturated rings. The van der Waals surface area contributed by atoms with Gasteiger partial charge >= 0.3 is 0 Å². The van der Waals surface area contributed by atoms with Crippen LogP contribution in [0.4, 0.5) is 0 Å². The minimum atomic E-state index is -0.467. The largest absolute Gasteiger partial charge is 0.497 e. The summed E-state index contributed by atoms with van der Waals surface area (Å²) < 4.78 is 15.9. The fourth-order valence-corrected chi connectivity index (χ4v) is 3.12. The third-order valence-corrected chi connectivity index (χ3v) is 4.53. The highest BCUT2D eigenvalue weighted by molar-refractivity contribution is 5.44. The Bertz CT molecular complexity index is 727. The maximum Gasteiger partial charge on any atom is 0.231 e. The predicted octanol–water partition coefficient (Wildman–Crippen LogP) is 2.94. The molecule has 5 heteroatoms. The third kappa shape index (κ3) is 4.90. The summed E-state index contributed by atoms with van der Waals surface area (Å²) in [5.74, 6) is 2.38. The quantitative estimate of drug-likeness (QED) is 0.761. The van der Waals surface area contributed by atoms with Crippen LogP contribution < -0.4 is 19.5 Å². The average Bonchev–Trinajstić information content (AvgIpc) is 3.08. The molecular weight excluding hydrogens is 330 g/mol. The molecule has 26 heavy (non-hydrogen) atoms. The van der Waals surface area contributed by atoms with E-state index in [1.165, 1.54) is 5.56 Å². The summed E-state index contributed by atoms with van der Waals surface area (Å²) >= 11 is 0. The van der Waals surface area contributed by atoms with Crippen molar-refractivity contribution in [3.8, 4) is 17.2 Å². The number of aliphatic hydroxyl groups excluding tert-OH is 1. The topological polar surface area (TPSA) is 60.0 Å². The van der Waals surface area contributed by atoms with E-state index in [0.717, 1.165) is 29.2 Å². The number of fused-ring (bicyclic) bond motifs is 1. The molecule has 2 aromatic carbocycles. The molecule has 0 radical (unpaired) electrons. The van der Waals surface area contributed by atoms with Gasteiger partial charge in [-0.1, -0.05) is 18.2 Å². The Morgan fingerprint density at radius 2 is 1.77 bits per heavy atom. The molecule has 0 saturated heterocycles. The first-order valence-corrected chi connectivity index (χ1v) is 8.90. The van der Waals surface area contributed by atoms with Gasteiger partial charge in [-0.05, 0) is 62.1 Å². The number of benzene rings is 2. The van der Waals surface area contributed by atoms with E-state index in [0.29, 0.717) is 13.0 Å². The normalized spacial score (nSPS) is 14.3. The van der Waals surface area contributed by atoms with E-state index in [1.54, 1.807) is 7.11 Å². The van der Waals surface area contributed by atoms with Crippen LogP contribution in [-0.4, -0.2) is 37.2 Å². The first kappa shape index (κ1) is 18.5. The molecule has 140 valence electrons. The number of hydrogen-bond donors (Lipinski definition) is 2. The molecule has 0 amide bonds. The standard InChI is InChI=1S/C21H27NO4/c1-21(2,12-15-4-7-18(24-3)8-5-15)22-13-17(23)10-16-6-9-19-20(11-16)26-14-25-19/h4-9,11,17,22-23H,10,12-14H2,1-3H3. The van der Waals surface area contributed by atoms with Gasteiger partial charge in [-0.15, -0.1) is 0 Å². The van der Waals surface area contributed by atoms with E-state index < -0.39 is 6.10 Å². The van der Waals surface area contributed by atoms with Gasteiger partial charge in [0.05, 0.1) is 13.2 Å². The van der Waals surface area contributed by atoms with Crippen molar-refractivity contribution >= 4 is 0 Å². The van der Waals surface area contributed by atoms with Crippen molar-refractivity contribution in [1.29, 1.82) is 0 Å². The Kier molecular flexibility index (Phi) is 5.69. The molecule has 0 aliphatic carbocycles. The highest BCUT2D eigenvalue weighted by Gasteiger charge is 2.20. The van der Waals surface area contributed by atoms with Gasteiger partial charge in [0.15, 0.2) is 11.5 Å². The minimum Gasteiger partial charge on any atom is -0.497 e. The predicted molar refractivity (Wildman–Crippen MR) is 101 cm³/mol. The summed E-state index contributed by atoms with van der Waals surface area (Å²) in [4.78, 5) is 0. The smallest absolute Gasteiger partial charge is 0.231 e. The second-order valence-corrected chi connectivity index (χ2v) is 7.34. The molecule has 5 nitrogen and oxygen atoms in total. The van der Waals surface area contributed by atoms with Crippen LogP contribution in [-0.2, 0) is 12.8 Å². The zero-order chi connectivity index (χ0) is 18.6. The molecule has 1 atom stereocenters. The van der Waals surface area contributed by atoms with E-state index in [1.807, 2.05) is 30.3 Å². The van der Waals surface area contributed by atoms with Crippen molar-refractivity contribution in [3.05, 3.63) is 53.6 Å². The maximum absolute atomic E-state index is 10.4. The highest BCUT2D eigenvalue weighted by atomic mass is 16.7. The minimum absolute atomic E-state index is 0.121. The molecule has 1 unspecified atom stereocenters. The van der Waals surface area contributed by atoms with Crippen LogP contribution in [0.25, 0.3) is 0 Å². The van der Waals surface area contributed by atoms with E-state index in [-0.39, 0.29) is 12.3 Å². The fourth-order valence-electron chi connectivity index (χ4n) is 3.12. The van der Waals surface area contributed by atoms with Crippen molar-refractivity contribution in [3.63, 3.8) is 0 Å². The van der Waals surface area contributed by atoms with Gasteiger partial charge in [0.2, 0.25) is 6.79 Å². The van der Waals surface area contributed by atoms with Crippen LogP contribution in [0.1, 0.15) is 25.0 Å². The molecule has 3 rings (SSSR count). The molecule has 1 aliphatic heterocycles. The van der Waals surface area contributed by atoms with Crippen molar-refractivity contribution < 1.29 is 19.3 Å². The van der Waals surface area contributed by atoms with Gasteiger partial charge in [-0.3, -0.25) is 0 Å². The van der Waals surface area contributed by atoms with Crippen molar-refractivity contribution in [2.75, 3.05) is 20.4 Å². The van der Waals surface area contributed by atoms with Gasteiger partial charge in [0, 0.05) is 12.1 Å². The molecule has 2 N–H and O–H groups in total. The Hall–Kier alpha value is -2.24. The lowest BCUT2D eigenvalue weighted by atomic mass is 9.94. The highest BCUT2D eigenvalue weighted by Crippen LogP contribution is 2.32.